The molecule has 0 radical (unpaired) electrons. The van der Waals surface area contributed by atoms with Crippen LogP contribution in [0.25, 0.3) is 0 Å². The van der Waals surface area contributed by atoms with E-state index in [-0.39, 0.29) is 36.1 Å². The molecular weight excluding hydrogens is 539 g/mol. The number of carbonyl (C=O) groups is 3. The molecule has 2 bridgehead atoms. The SMILES string of the molecule is CC(C)[C@@H]1NCCOc2ccccc2C2CCC(C2)NC(=O)[C@@H](Cc2ccc(F)cc2)NC(=O)[C@H](C(C)O)N(C)C1=O. The number of fused-ring (bicyclic) bond motifs is 4. The van der Waals surface area contributed by atoms with Crippen molar-refractivity contribution in [2.24, 2.45) is 5.92 Å². The summed E-state index contributed by atoms with van der Waals surface area (Å²) in [4.78, 5) is 42.1. The number of carbonyl (C=O) groups excluding carboxylic acids is 3. The first kappa shape index (κ1) is 31.4. The Morgan fingerprint density at radius 1 is 1.00 bits per heavy atom. The first-order chi connectivity index (χ1) is 20.0. The summed E-state index contributed by atoms with van der Waals surface area (Å²) in [7, 11) is 1.48. The maximum absolute atomic E-state index is 13.6. The van der Waals surface area contributed by atoms with Gasteiger partial charge in [0.15, 0.2) is 0 Å². The van der Waals surface area contributed by atoms with Crippen LogP contribution in [0.5, 0.6) is 5.75 Å². The van der Waals surface area contributed by atoms with E-state index in [9.17, 15) is 23.9 Å². The van der Waals surface area contributed by atoms with Gasteiger partial charge in [0.2, 0.25) is 17.7 Å². The molecule has 3 unspecified atom stereocenters. The molecule has 9 nitrogen and oxygen atoms in total. The lowest BCUT2D eigenvalue weighted by molar-refractivity contribution is -0.145. The number of hydrogen-bond acceptors (Lipinski definition) is 6. The molecule has 0 aromatic heterocycles. The molecule has 1 saturated carbocycles. The third-order valence-electron chi connectivity index (χ3n) is 8.27. The number of halogens is 1. The maximum atomic E-state index is 13.6. The number of benzene rings is 2. The second kappa shape index (κ2) is 14.1. The van der Waals surface area contributed by atoms with Crippen molar-refractivity contribution in [3.05, 3.63) is 65.5 Å². The number of para-hydroxylation sites is 1. The lowest BCUT2D eigenvalue weighted by atomic mass is 9.96. The predicted octanol–water partition coefficient (Wildman–Crippen LogP) is 2.52. The summed E-state index contributed by atoms with van der Waals surface area (Å²) in [6.07, 6.45) is 1.28. The van der Waals surface area contributed by atoms with Crippen LogP contribution >= 0.6 is 0 Å². The highest BCUT2D eigenvalue weighted by molar-refractivity contribution is 5.93. The van der Waals surface area contributed by atoms with E-state index in [0.29, 0.717) is 18.7 Å². The zero-order valence-corrected chi connectivity index (χ0v) is 24.8. The standard InChI is InChI=1S/C32H43FN4O5/c1-19(2)28-32(41)37(4)29(20(3)38)31(40)36-26(17-21-9-12-23(33)13-10-21)30(39)35-24-14-11-22(18-24)25-7-5-6-8-27(25)42-16-15-34-28/h5-10,12-13,19-20,22,24,26,28-29,34,38H,11,14-18H2,1-4H3,(H,35,39)(H,36,40)/t20?,22?,24?,26-,28+,29+/m1/s1. The molecule has 1 aliphatic carbocycles. The predicted molar refractivity (Wildman–Crippen MR) is 157 cm³/mol. The van der Waals surface area contributed by atoms with Gasteiger partial charge in [-0.3, -0.25) is 14.4 Å². The van der Waals surface area contributed by atoms with Gasteiger partial charge < -0.3 is 30.7 Å². The Bertz CT molecular complexity index is 1240. The molecule has 0 saturated heterocycles. The van der Waals surface area contributed by atoms with Crippen LogP contribution in [0, 0.1) is 11.7 Å². The van der Waals surface area contributed by atoms with Crippen LogP contribution in [0.2, 0.25) is 0 Å². The highest BCUT2D eigenvalue weighted by atomic mass is 19.1. The largest absolute Gasteiger partial charge is 0.492 e. The molecule has 4 rings (SSSR count). The minimum atomic E-state index is -1.23. The van der Waals surface area contributed by atoms with Crippen molar-refractivity contribution >= 4 is 17.7 Å². The normalized spacial score (nSPS) is 26.9. The maximum Gasteiger partial charge on any atom is 0.246 e. The van der Waals surface area contributed by atoms with Gasteiger partial charge in [-0.2, -0.15) is 0 Å². The van der Waals surface area contributed by atoms with Crippen molar-refractivity contribution in [3.8, 4) is 5.75 Å². The molecular formula is C32H43FN4O5. The molecule has 6 atom stereocenters. The average Bonchev–Trinajstić information content (AvgIpc) is 3.41. The van der Waals surface area contributed by atoms with Gasteiger partial charge >= 0.3 is 0 Å². The zero-order chi connectivity index (χ0) is 30.4. The van der Waals surface area contributed by atoms with E-state index in [0.717, 1.165) is 30.6 Å². The van der Waals surface area contributed by atoms with Crippen molar-refractivity contribution in [3.63, 3.8) is 0 Å². The highest BCUT2D eigenvalue weighted by Gasteiger charge is 2.38. The van der Waals surface area contributed by atoms with Gasteiger partial charge in [-0.25, -0.2) is 4.39 Å². The Labute approximate surface area is 247 Å². The monoisotopic (exact) mass is 582 g/mol. The quantitative estimate of drug-likeness (QED) is 0.440. The van der Waals surface area contributed by atoms with Crippen molar-refractivity contribution in [2.75, 3.05) is 20.2 Å². The average molecular weight is 583 g/mol. The first-order valence-electron chi connectivity index (χ1n) is 14.8. The number of nitrogens with one attached hydrogen (secondary N) is 3. The lowest BCUT2D eigenvalue weighted by Crippen LogP contribution is -2.61. The van der Waals surface area contributed by atoms with Gasteiger partial charge in [0.25, 0.3) is 0 Å². The van der Waals surface area contributed by atoms with E-state index in [1.54, 1.807) is 12.1 Å². The summed E-state index contributed by atoms with van der Waals surface area (Å²) in [6, 6.07) is 10.7. The molecule has 1 fully saturated rings. The molecule has 2 aliphatic rings. The van der Waals surface area contributed by atoms with Crippen LogP contribution in [0.3, 0.4) is 0 Å². The Kier molecular flexibility index (Phi) is 10.6. The second-order valence-electron chi connectivity index (χ2n) is 11.8. The number of amides is 3. The fourth-order valence-electron chi connectivity index (χ4n) is 6.03. The summed E-state index contributed by atoms with van der Waals surface area (Å²) in [5, 5.41) is 19.8. The Balaban J connectivity index is 1.66. The van der Waals surface area contributed by atoms with E-state index in [2.05, 4.69) is 22.0 Å². The summed E-state index contributed by atoms with van der Waals surface area (Å²) in [6.45, 7) is 6.00. The van der Waals surface area contributed by atoms with Crippen LogP contribution in [-0.4, -0.2) is 78.2 Å². The molecule has 42 heavy (non-hydrogen) atoms. The topological polar surface area (TPSA) is 120 Å². The van der Waals surface area contributed by atoms with Crippen molar-refractivity contribution in [1.29, 1.82) is 0 Å². The number of likely N-dealkylation sites (N-methyl/N-ethyl adjacent to an activating group) is 1. The third kappa shape index (κ3) is 7.66. The Morgan fingerprint density at radius 2 is 1.71 bits per heavy atom. The summed E-state index contributed by atoms with van der Waals surface area (Å²) in [5.41, 5.74) is 1.75. The number of aliphatic hydroxyl groups excluding tert-OH is 1. The molecule has 0 spiro atoms. The molecule has 2 aromatic rings. The smallest absolute Gasteiger partial charge is 0.246 e. The number of hydrogen-bond donors (Lipinski definition) is 4. The first-order valence-corrected chi connectivity index (χ1v) is 14.8. The van der Waals surface area contributed by atoms with E-state index in [4.69, 9.17) is 4.74 Å². The van der Waals surface area contributed by atoms with E-state index in [1.165, 1.54) is 31.0 Å². The fourth-order valence-corrected chi connectivity index (χ4v) is 6.03. The molecule has 3 amide bonds. The van der Waals surface area contributed by atoms with Crippen LogP contribution in [-0.2, 0) is 20.8 Å². The summed E-state index contributed by atoms with van der Waals surface area (Å²) in [5.74, 6) is -0.898. The number of aliphatic hydroxyl groups is 1. The number of ether oxygens (including phenoxy) is 1. The Hall–Kier alpha value is -3.50. The number of nitrogens with zero attached hydrogens (tertiary/aromatic N) is 1. The molecule has 1 aliphatic heterocycles. The van der Waals surface area contributed by atoms with E-state index < -0.39 is 36.0 Å². The van der Waals surface area contributed by atoms with Crippen LogP contribution < -0.4 is 20.7 Å². The second-order valence-corrected chi connectivity index (χ2v) is 11.8. The lowest BCUT2D eigenvalue weighted by Gasteiger charge is -2.34. The van der Waals surface area contributed by atoms with Gasteiger partial charge in [0, 0.05) is 26.1 Å². The van der Waals surface area contributed by atoms with E-state index >= 15 is 0 Å². The molecule has 1 heterocycles. The Morgan fingerprint density at radius 3 is 2.40 bits per heavy atom. The van der Waals surface area contributed by atoms with Gasteiger partial charge in [-0.15, -0.1) is 0 Å². The fraction of sp³-hybridized carbons (Fsp3) is 0.531. The molecule has 228 valence electrons. The van der Waals surface area contributed by atoms with Crippen LogP contribution in [0.1, 0.15) is 57.1 Å². The third-order valence-corrected chi connectivity index (χ3v) is 8.27. The molecule has 4 N–H and O–H groups in total. The van der Waals surface area contributed by atoms with Crippen LogP contribution in [0.15, 0.2) is 48.5 Å². The van der Waals surface area contributed by atoms with Crippen molar-refractivity contribution in [2.45, 2.75) is 82.6 Å². The van der Waals surface area contributed by atoms with Crippen molar-refractivity contribution < 1.29 is 28.6 Å². The van der Waals surface area contributed by atoms with E-state index in [1.807, 2.05) is 32.0 Å². The summed E-state index contributed by atoms with van der Waals surface area (Å²) < 4.78 is 19.7. The van der Waals surface area contributed by atoms with Gasteiger partial charge in [0.05, 0.1) is 12.1 Å². The minimum Gasteiger partial charge on any atom is -0.492 e. The van der Waals surface area contributed by atoms with Gasteiger partial charge in [-0.1, -0.05) is 44.2 Å². The highest BCUT2D eigenvalue weighted by Crippen LogP contribution is 2.39. The summed E-state index contributed by atoms with van der Waals surface area (Å²) >= 11 is 0. The van der Waals surface area contributed by atoms with Crippen LogP contribution in [0.4, 0.5) is 4.39 Å². The zero-order valence-electron chi connectivity index (χ0n) is 24.8. The van der Waals surface area contributed by atoms with Crippen molar-refractivity contribution in [1.82, 2.24) is 20.9 Å². The molecule has 2 aromatic carbocycles. The van der Waals surface area contributed by atoms with Gasteiger partial charge in [0.1, 0.15) is 30.3 Å². The van der Waals surface area contributed by atoms with Gasteiger partial charge in [-0.05, 0) is 67.3 Å². The number of rotatable bonds is 4. The minimum absolute atomic E-state index is 0.104. The molecule has 10 heteroatoms.